The van der Waals surface area contributed by atoms with Crippen LogP contribution in [0.1, 0.15) is 24.2 Å². The van der Waals surface area contributed by atoms with E-state index in [0.717, 1.165) is 21.8 Å². The van der Waals surface area contributed by atoms with Crippen LogP contribution >= 0.6 is 11.8 Å². The van der Waals surface area contributed by atoms with Crippen molar-refractivity contribution in [3.05, 3.63) is 71.7 Å². The van der Waals surface area contributed by atoms with E-state index in [1.165, 1.54) is 12.1 Å². The van der Waals surface area contributed by atoms with E-state index in [1.54, 1.807) is 23.9 Å². The van der Waals surface area contributed by atoms with Crippen molar-refractivity contribution in [1.29, 1.82) is 0 Å². The Morgan fingerprint density at radius 2 is 1.88 bits per heavy atom. The van der Waals surface area contributed by atoms with Gasteiger partial charge in [-0.2, -0.15) is 0 Å². The highest BCUT2D eigenvalue weighted by Crippen LogP contribution is 2.50. The molecule has 0 aromatic heterocycles. The SMILES string of the molecule is C[C@H]1C=C2Nc3ccccc3S[C@@H](c3ccc(F)cc3)[C@@H]2C(=O)C1. The molecule has 3 atom stereocenters. The standard InChI is InChI=1S/C20H18FNOS/c1-12-10-16-19(17(23)11-12)20(13-6-8-14(21)9-7-13)24-18-5-3-2-4-15(18)22-16/h2-10,12,19-20,22H,11H2,1H3/t12-,19-,20-/m0/s1. The number of anilines is 1. The van der Waals surface area contributed by atoms with Gasteiger partial charge in [0.05, 0.1) is 11.6 Å². The molecule has 24 heavy (non-hydrogen) atoms. The molecular weight excluding hydrogens is 321 g/mol. The van der Waals surface area contributed by atoms with Crippen LogP contribution in [-0.4, -0.2) is 5.78 Å². The van der Waals surface area contributed by atoms with Crippen molar-refractivity contribution in [3.63, 3.8) is 0 Å². The molecule has 4 heteroatoms. The van der Waals surface area contributed by atoms with Crippen molar-refractivity contribution in [2.24, 2.45) is 11.8 Å². The van der Waals surface area contributed by atoms with Gasteiger partial charge in [-0.3, -0.25) is 4.79 Å². The lowest BCUT2D eigenvalue weighted by molar-refractivity contribution is -0.122. The summed E-state index contributed by atoms with van der Waals surface area (Å²) >= 11 is 1.68. The van der Waals surface area contributed by atoms with E-state index >= 15 is 0 Å². The first-order valence-corrected chi connectivity index (χ1v) is 9.02. The number of nitrogens with one attached hydrogen (secondary N) is 1. The van der Waals surface area contributed by atoms with Gasteiger partial charge >= 0.3 is 0 Å². The molecule has 1 N–H and O–H groups in total. The van der Waals surface area contributed by atoms with Crippen LogP contribution in [0.4, 0.5) is 10.1 Å². The Kier molecular flexibility index (Phi) is 3.93. The summed E-state index contributed by atoms with van der Waals surface area (Å²) in [5.41, 5.74) is 2.99. The highest BCUT2D eigenvalue weighted by atomic mass is 32.2. The van der Waals surface area contributed by atoms with E-state index in [2.05, 4.69) is 24.4 Å². The van der Waals surface area contributed by atoms with Crippen molar-refractivity contribution >= 4 is 23.2 Å². The fraction of sp³-hybridized carbons (Fsp3) is 0.250. The average molecular weight is 339 g/mol. The van der Waals surface area contributed by atoms with Crippen LogP contribution in [0, 0.1) is 17.7 Å². The number of halogens is 1. The molecule has 0 saturated heterocycles. The van der Waals surface area contributed by atoms with Crippen LogP contribution in [0.2, 0.25) is 0 Å². The summed E-state index contributed by atoms with van der Waals surface area (Å²) in [6, 6.07) is 14.6. The van der Waals surface area contributed by atoms with Gasteiger partial charge in [0.25, 0.3) is 0 Å². The van der Waals surface area contributed by atoms with Crippen LogP contribution in [0.5, 0.6) is 0 Å². The van der Waals surface area contributed by atoms with Crippen LogP contribution in [-0.2, 0) is 4.79 Å². The van der Waals surface area contributed by atoms with Gasteiger partial charge < -0.3 is 5.32 Å². The van der Waals surface area contributed by atoms with Crippen LogP contribution in [0.3, 0.4) is 0 Å². The number of para-hydroxylation sites is 1. The summed E-state index contributed by atoms with van der Waals surface area (Å²) in [4.78, 5) is 13.9. The van der Waals surface area contributed by atoms with Crippen LogP contribution in [0.15, 0.2) is 65.2 Å². The maximum Gasteiger partial charge on any atom is 0.143 e. The van der Waals surface area contributed by atoms with Gasteiger partial charge in [-0.25, -0.2) is 4.39 Å². The minimum absolute atomic E-state index is 0.0481. The summed E-state index contributed by atoms with van der Waals surface area (Å²) in [6.45, 7) is 2.07. The van der Waals surface area contributed by atoms with Gasteiger partial charge in [0, 0.05) is 22.3 Å². The molecule has 2 aromatic carbocycles. The lowest BCUT2D eigenvalue weighted by Crippen LogP contribution is -2.30. The zero-order valence-corrected chi connectivity index (χ0v) is 14.1. The average Bonchev–Trinajstić information content (AvgIpc) is 2.72. The lowest BCUT2D eigenvalue weighted by atomic mass is 9.81. The molecule has 0 unspecified atom stereocenters. The summed E-state index contributed by atoms with van der Waals surface area (Å²) < 4.78 is 13.3. The minimum Gasteiger partial charge on any atom is -0.358 e. The Hall–Kier alpha value is -2.07. The van der Waals surface area contributed by atoms with E-state index in [-0.39, 0.29) is 28.7 Å². The predicted molar refractivity (Wildman–Crippen MR) is 95.4 cm³/mol. The first kappa shape index (κ1) is 15.5. The monoisotopic (exact) mass is 339 g/mol. The van der Waals surface area contributed by atoms with Gasteiger partial charge in [-0.1, -0.05) is 37.3 Å². The number of allylic oxidation sites excluding steroid dienone is 2. The quantitative estimate of drug-likeness (QED) is 0.775. The Morgan fingerprint density at radius 3 is 2.67 bits per heavy atom. The molecule has 1 heterocycles. The number of carbonyl (C=O) groups is 1. The van der Waals surface area contributed by atoms with Crippen molar-refractivity contribution in [3.8, 4) is 0 Å². The zero-order chi connectivity index (χ0) is 16.7. The van der Waals surface area contributed by atoms with Crippen molar-refractivity contribution in [2.75, 3.05) is 5.32 Å². The first-order valence-electron chi connectivity index (χ1n) is 8.14. The van der Waals surface area contributed by atoms with Gasteiger partial charge in [0.2, 0.25) is 0 Å². The van der Waals surface area contributed by atoms with E-state index < -0.39 is 0 Å². The lowest BCUT2D eigenvalue weighted by Gasteiger charge is -2.30. The Balaban J connectivity index is 1.85. The van der Waals surface area contributed by atoms with E-state index in [4.69, 9.17) is 0 Å². The number of Topliss-reactive ketones (excluding diaryl/α,β-unsaturated/α-hetero) is 1. The molecule has 2 nitrogen and oxygen atoms in total. The van der Waals surface area contributed by atoms with Crippen LogP contribution in [0.25, 0.3) is 0 Å². The van der Waals surface area contributed by atoms with Crippen molar-refractivity contribution < 1.29 is 9.18 Å². The third-order valence-corrected chi connectivity index (χ3v) is 6.00. The number of benzene rings is 2. The second-order valence-corrected chi connectivity index (χ2v) is 7.64. The number of hydrogen-bond acceptors (Lipinski definition) is 3. The number of ketones is 1. The van der Waals surface area contributed by atoms with Crippen LogP contribution < -0.4 is 5.32 Å². The fourth-order valence-electron chi connectivity index (χ4n) is 3.48. The van der Waals surface area contributed by atoms with E-state index in [0.29, 0.717) is 6.42 Å². The topological polar surface area (TPSA) is 29.1 Å². The smallest absolute Gasteiger partial charge is 0.143 e. The van der Waals surface area contributed by atoms with Gasteiger partial charge in [-0.05, 0) is 35.7 Å². The molecule has 4 rings (SSSR count). The highest BCUT2D eigenvalue weighted by molar-refractivity contribution is 7.99. The van der Waals surface area contributed by atoms with Crippen molar-refractivity contribution in [2.45, 2.75) is 23.5 Å². The number of thioether (sulfide) groups is 1. The molecule has 122 valence electrons. The Bertz CT molecular complexity index is 815. The summed E-state index contributed by atoms with van der Waals surface area (Å²) in [6.07, 6.45) is 2.73. The molecule has 1 aliphatic heterocycles. The predicted octanol–water partition coefficient (Wildman–Crippen LogP) is 5.19. The molecule has 0 bridgehead atoms. The fourth-order valence-corrected chi connectivity index (χ4v) is 4.89. The molecule has 2 aliphatic rings. The second-order valence-electron chi connectivity index (χ2n) is 6.46. The maximum atomic E-state index is 13.3. The Labute approximate surface area is 145 Å². The minimum atomic E-state index is -0.254. The van der Waals surface area contributed by atoms with E-state index in [1.807, 2.05) is 18.2 Å². The molecular formula is C20H18FNOS. The molecule has 0 spiro atoms. The van der Waals surface area contributed by atoms with Gasteiger partial charge in [0.1, 0.15) is 11.6 Å². The maximum absolute atomic E-state index is 13.3. The largest absolute Gasteiger partial charge is 0.358 e. The number of fused-ring (bicyclic) bond motifs is 2. The summed E-state index contributed by atoms with van der Waals surface area (Å²) in [7, 11) is 0. The molecule has 0 radical (unpaired) electrons. The first-order chi connectivity index (χ1) is 11.6. The van der Waals surface area contributed by atoms with E-state index in [9.17, 15) is 9.18 Å². The number of hydrogen-bond donors (Lipinski definition) is 1. The zero-order valence-electron chi connectivity index (χ0n) is 13.3. The number of rotatable bonds is 1. The Morgan fingerprint density at radius 1 is 1.12 bits per heavy atom. The van der Waals surface area contributed by atoms with Gasteiger partial charge in [-0.15, -0.1) is 11.8 Å². The summed E-state index contributed by atoms with van der Waals surface area (Å²) in [5.74, 6) is 0.0156. The third kappa shape index (κ3) is 2.75. The molecule has 0 saturated carbocycles. The van der Waals surface area contributed by atoms with Gasteiger partial charge in [0.15, 0.2) is 0 Å². The molecule has 0 fully saturated rings. The third-order valence-electron chi connectivity index (χ3n) is 4.59. The second kappa shape index (κ2) is 6.10. The normalized spacial score (nSPS) is 25.8. The summed E-state index contributed by atoms with van der Waals surface area (Å²) in [5, 5.41) is 3.43. The molecule has 2 aromatic rings. The number of carbonyl (C=O) groups excluding carboxylic acids is 1. The molecule has 0 amide bonds. The molecule has 1 aliphatic carbocycles. The highest BCUT2D eigenvalue weighted by Gasteiger charge is 2.39. The van der Waals surface area contributed by atoms with Crippen molar-refractivity contribution in [1.82, 2.24) is 0 Å².